The molecule has 0 spiro atoms. The van der Waals surface area contributed by atoms with Gasteiger partial charge in [0.2, 0.25) is 0 Å². The third kappa shape index (κ3) is 3.65. The number of epoxide rings is 1. The fourth-order valence-electron chi connectivity index (χ4n) is 3.89. The summed E-state index contributed by atoms with van der Waals surface area (Å²) >= 11 is 0. The summed E-state index contributed by atoms with van der Waals surface area (Å²) in [6.45, 7) is 8.25. The SMILES string of the molecule is C=C1C(=O)O[C@H]2C/C(C)=C/CC[C@@]3(C)OC3CC/C(CO)=C\C[C@H]12. The number of aliphatic hydroxyl groups excluding tert-OH is 1. The highest BCUT2D eigenvalue weighted by Gasteiger charge is 2.50. The Labute approximate surface area is 144 Å². The molecule has 4 nitrogen and oxygen atoms in total. The predicted molar refractivity (Wildman–Crippen MR) is 92.4 cm³/mol. The average molecular weight is 332 g/mol. The van der Waals surface area contributed by atoms with Gasteiger partial charge in [0.15, 0.2) is 0 Å². The monoisotopic (exact) mass is 332 g/mol. The zero-order chi connectivity index (χ0) is 17.3. The average Bonchev–Trinajstić information content (AvgIpc) is 3.10. The van der Waals surface area contributed by atoms with Crippen LogP contribution in [0.1, 0.15) is 52.4 Å². The minimum atomic E-state index is -0.275. The summed E-state index contributed by atoms with van der Waals surface area (Å²) in [6, 6.07) is 0. The van der Waals surface area contributed by atoms with Gasteiger partial charge in [-0.2, -0.15) is 0 Å². The fraction of sp³-hybridized carbons (Fsp3) is 0.650. The number of allylic oxidation sites excluding steroid dienone is 2. The van der Waals surface area contributed by atoms with E-state index in [1.807, 2.05) is 0 Å². The van der Waals surface area contributed by atoms with Crippen molar-refractivity contribution < 1.29 is 19.4 Å². The van der Waals surface area contributed by atoms with Crippen molar-refractivity contribution in [2.24, 2.45) is 5.92 Å². The molecule has 1 unspecified atom stereocenters. The van der Waals surface area contributed by atoms with E-state index in [1.165, 1.54) is 5.57 Å². The normalized spacial score (nSPS) is 41.9. The lowest BCUT2D eigenvalue weighted by atomic mass is 9.88. The van der Waals surface area contributed by atoms with Crippen molar-refractivity contribution in [2.75, 3.05) is 6.61 Å². The van der Waals surface area contributed by atoms with E-state index in [4.69, 9.17) is 9.47 Å². The standard InChI is InChI=1S/C20H28O4/c1-13-5-4-10-20(3)18(24-20)9-7-15(12-21)6-8-16-14(2)19(22)23-17(16)11-13/h5-6,16-18,21H,2,4,7-12H2,1,3H3/b13-5+,15-6+/t16-,17+,18?,20-/m1/s1. The van der Waals surface area contributed by atoms with Crippen molar-refractivity contribution in [1.29, 1.82) is 0 Å². The van der Waals surface area contributed by atoms with Gasteiger partial charge < -0.3 is 14.6 Å². The van der Waals surface area contributed by atoms with Gasteiger partial charge in [0, 0.05) is 17.9 Å². The Morgan fingerprint density at radius 2 is 2.21 bits per heavy atom. The van der Waals surface area contributed by atoms with E-state index in [-0.39, 0.29) is 30.2 Å². The molecule has 0 aromatic rings. The first-order chi connectivity index (χ1) is 11.4. The minimum Gasteiger partial charge on any atom is -0.458 e. The van der Waals surface area contributed by atoms with Gasteiger partial charge in [-0.05, 0) is 51.5 Å². The van der Waals surface area contributed by atoms with Crippen LogP contribution in [0.15, 0.2) is 35.5 Å². The Kier molecular flexibility index (Phi) is 4.97. The first kappa shape index (κ1) is 17.4. The van der Waals surface area contributed by atoms with Gasteiger partial charge in [-0.15, -0.1) is 0 Å². The van der Waals surface area contributed by atoms with Crippen molar-refractivity contribution in [2.45, 2.75) is 70.2 Å². The minimum absolute atomic E-state index is 0.00720. The summed E-state index contributed by atoms with van der Waals surface area (Å²) in [4.78, 5) is 11.9. The number of carbonyl (C=O) groups excluding carboxylic acids is 1. The van der Waals surface area contributed by atoms with Crippen LogP contribution in [0.25, 0.3) is 0 Å². The van der Waals surface area contributed by atoms with E-state index in [0.29, 0.717) is 18.1 Å². The molecule has 4 heteroatoms. The summed E-state index contributed by atoms with van der Waals surface area (Å²) in [5, 5.41) is 9.62. The molecule has 24 heavy (non-hydrogen) atoms. The highest BCUT2D eigenvalue weighted by Crippen LogP contribution is 2.44. The summed E-state index contributed by atoms with van der Waals surface area (Å²) in [6.07, 6.45) is 9.68. The second-order valence-electron chi connectivity index (χ2n) is 7.58. The van der Waals surface area contributed by atoms with Gasteiger partial charge in [-0.25, -0.2) is 4.79 Å². The molecule has 2 fully saturated rings. The van der Waals surface area contributed by atoms with Crippen LogP contribution >= 0.6 is 0 Å². The van der Waals surface area contributed by atoms with Gasteiger partial charge in [-0.3, -0.25) is 0 Å². The topological polar surface area (TPSA) is 59.1 Å². The number of carbonyl (C=O) groups is 1. The molecule has 0 radical (unpaired) electrons. The Morgan fingerprint density at radius 1 is 1.42 bits per heavy atom. The Balaban J connectivity index is 1.79. The van der Waals surface area contributed by atoms with Gasteiger partial charge in [-0.1, -0.05) is 24.3 Å². The second kappa shape index (κ2) is 6.85. The molecule has 0 amide bonds. The molecule has 2 heterocycles. The Hall–Kier alpha value is -1.39. The fourth-order valence-corrected chi connectivity index (χ4v) is 3.89. The van der Waals surface area contributed by atoms with E-state index >= 15 is 0 Å². The molecule has 2 aliphatic heterocycles. The van der Waals surface area contributed by atoms with Crippen LogP contribution in [-0.4, -0.2) is 35.5 Å². The smallest absolute Gasteiger partial charge is 0.334 e. The number of hydrogen-bond donors (Lipinski definition) is 1. The van der Waals surface area contributed by atoms with Crippen LogP contribution in [0.5, 0.6) is 0 Å². The second-order valence-corrected chi connectivity index (χ2v) is 7.58. The summed E-state index contributed by atoms with van der Waals surface area (Å²) in [5.41, 5.74) is 2.81. The van der Waals surface area contributed by atoms with Crippen LogP contribution in [0, 0.1) is 5.92 Å². The summed E-state index contributed by atoms with van der Waals surface area (Å²) < 4.78 is 11.4. The van der Waals surface area contributed by atoms with Crippen molar-refractivity contribution in [1.82, 2.24) is 0 Å². The number of hydrogen-bond acceptors (Lipinski definition) is 4. The maximum absolute atomic E-state index is 11.9. The van der Waals surface area contributed by atoms with Crippen LogP contribution in [0.4, 0.5) is 0 Å². The predicted octanol–water partition coefficient (Wildman–Crippen LogP) is 3.46. The molecule has 0 aromatic heterocycles. The van der Waals surface area contributed by atoms with Crippen molar-refractivity contribution in [3.8, 4) is 0 Å². The molecule has 0 bridgehead atoms. The zero-order valence-electron chi connectivity index (χ0n) is 14.7. The lowest BCUT2D eigenvalue weighted by Crippen LogP contribution is -2.17. The van der Waals surface area contributed by atoms with E-state index < -0.39 is 0 Å². The highest BCUT2D eigenvalue weighted by molar-refractivity contribution is 5.90. The van der Waals surface area contributed by atoms with Gasteiger partial charge >= 0.3 is 5.97 Å². The van der Waals surface area contributed by atoms with Gasteiger partial charge in [0.1, 0.15) is 6.10 Å². The largest absolute Gasteiger partial charge is 0.458 e. The van der Waals surface area contributed by atoms with Gasteiger partial charge in [0.25, 0.3) is 0 Å². The van der Waals surface area contributed by atoms with Crippen LogP contribution in [-0.2, 0) is 14.3 Å². The molecule has 4 atom stereocenters. The molecule has 1 N–H and O–H groups in total. The Bertz CT molecular complexity index is 588. The molecular formula is C20H28O4. The van der Waals surface area contributed by atoms with Crippen LogP contribution in [0.2, 0.25) is 0 Å². The molecule has 0 saturated carbocycles. The third-order valence-corrected chi connectivity index (χ3v) is 5.70. The maximum Gasteiger partial charge on any atom is 0.334 e. The lowest BCUT2D eigenvalue weighted by molar-refractivity contribution is -0.139. The summed E-state index contributed by atoms with van der Waals surface area (Å²) in [5.74, 6) is -0.268. The Morgan fingerprint density at radius 3 is 2.96 bits per heavy atom. The van der Waals surface area contributed by atoms with Crippen LogP contribution < -0.4 is 0 Å². The highest BCUT2D eigenvalue weighted by atomic mass is 16.6. The molecule has 3 aliphatic rings. The van der Waals surface area contributed by atoms with Gasteiger partial charge in [0.05, 0.1) is 18.3 Å². The first-order valence-electron chi connectivity index (χ1n) is 8.95. The van der Waals surface area contributed by atoms with E-state index in [0.717, 1.165) is 37.7 Å². The quantitative estimate of drug-likeness (QED) is 0.346. The number of esters is 1. The lowest BCUT2D eigenvalue weighted by Gasteiger charge is -2.18. The molecule has 1 aliphatic carbocycles. The van der Waals surface area contributed by atoms with Crippen molar-refractivity contribution in [3.05, 3.63) is 35.5 Å². The molecule has 2 saturated heterocycles. The van der Waals surface area contributed by atoms with Crippen molar-refractivity contribution in [3.63, 3.8) is 0 Å². The number of rotatable bonds is 1. The summed E-state index contributed by atoms with van der Waals surface area (Å²) in [7, 11) is 0. The molecule has 0 aromatic carbocycles. The van der Waals surface area contributed by atoms with Crippen molar-refractivity contribution >= 4 is 5.97 Å². The number of ether oxygens (including phenoxy) is 2. The van der Waals surface area contributed by atoms with E-state index in [1.54, 1.807) is 0 Å². The number of aliphatic hydroxyl groups is 1. The third-order valence-electron chi connectivity index (χ3n) is 5.70. The molecular weight excluding hydrogens is 304 g/mol. The van der Waals surface area contributed by atoms with E-state index in [9.17, 15) is 9.90 Å². The molecule has 3 rings (SSSR count). The number of fused-ring (bicyclic) bond motifs is 2. The zero-order valence-corrected chi connectivity index (χ0v) is 14.7. The van der Waals surface area contributed by atoms with Crippen LogP contribution in [0.3, 0.4) is 0 Å². The van der Waals surface area contributed by atoms with E-state index in [2.05, 4.69) is 32.6 Å². The molecule has 132 valence electrons. The maximum atomic E-state index is 11.9. The first-order valence-corrected chi connectivity index (χ1v) is 8.95.